The lowest BCUT2D eigenvalue weighted by atomic mass is 9.98. The van der Waals surface area contributed by atoms with Crippen LogP contribution in [-0.4, -0.2) is 10.2 Å². The van der Waals surface area contributed by atoms with Crippen molar-refractivity contribution < 1.29 is 10.2 Å². The van der Waals surface area contributed by atoms with Crippen molar-refractivity contribution in [1.29, 1.82) is 0 Å². The molecule has 0 aliphatic carbocycles. The maximum atomic E-state index is 10.4. The zero-order valence-electron chi connectivity index (χ0n) is 15.3. The largest absolute Gasteiger partial charge is 0.505 e. The monoisotopic (exact) mass is 326 g/mol. The first-order chi connectivity index (χ1) is 11.2. The van der Waals surface area contributed by atoms with Gasteiger partial charge in [-0.25, -0.2) is 0 Å². The van der Waals surface area contributed by atoms with Gasteiger partial charge in [0.25, 0.3) is 0 Å². The van der Waals surface area contributed by atoms with Gasteiger partial charge in [0.05, 0.1) is 0 Å². The van der Waals surface area contributed by atoms with Gasteiger partial charge < -0.3 is 10.2 Å². The molecular formula is C20H26N2O2. The van der Waals surface area contributed by atoms with E-state index in [0.29, 0.717) is 11.4 Å². The van der Waals surface area contributed by atoms with Crippen LogP contribution in [0.4, 0.5) is 11.4 Å². The molecule has 0 saturated carbocycles. The van der Waals surface area contributed by atoms with Gasteiger partial charge in [-0.15, -0.1) is 10.2 Å². The van der Waals surface area contributed by atoms with E-state index in [1.54, 1.807) is 0 Å². The van der Waals surface area contributed by atoms with Crippen molar-refractivity contribution in [3.63, 3.8) is 0 Å². The first-order valence-electron chi connectivity index (χ1n) is 8.30. The van der Waals surface area contributed by atoms with E-state index in [2.05, 4.69) is 10.2 Å². The minimum absolute atomic E-state index is 0.142. The van der Waals surface area contributed by atoms with E-state index in [-0.39, 0.29) is 23.3 Å². The lowest BCUT2D eigenvalue weighted by Crippen LogP contribution is -1.91. The minimum atomic E-state index is 0.142. The molecule has 2 aromatic carbocycles. The third-order valence-corrected chi connectivity index (χ3v) is 4.26. The Hall–Kier alpha value is -2.36. The van der Waals surface area contributed by atoms with Crippen LogP contribution in [0.1, 0.15) is 61.8 Å². The van der Waals surface area contributed by atoms with Crippen LogP contribution in [0.5, 0.6) is 11.5 Å². The van der Waals surface area contributed by atoms with Crippen molar-refractivity contribution in [3.8, 4) is 11.5 Å². The molecule has 4 nitrogen and oxygen atoms in total. The topological polar surface area (TPSA) is 65.2 Å². The summed E-state index contributed by atoms with van der Waals surface area (Å²) in [7, 11) is 0. The van der Waals surface area contributed by atoms with E-state index in [1.807, 2.05) is 65.8 Å². The van der Waals surface area contributed by atoms with Crippen molar-refractivity contribution in [2.45, 2.75) is 53.4 Å². The number of hydrogen-bond donors (Lipinski definition) is 2. The average Bonchev–Trinajstić information content (AvgIpc) is 2.51. The smallest absolute Gasteiger partial charge is 0.146 e. The molecule has 0 radical (unpaired) electrons. The van der Waals surface area contributed by atoms with Crippen LogP contribution in [0.3, 0.4) is 0 Å². The number of benzene rings is 2. The summed E-state index contributed by atoms with van der Waals surface area (Å²) in [4.78, 5) is 0. The molecule has 0 atom stereocenters. The molecule has 2 N–H and O–H groups in total. The van der Waals surface area contributed by atoms with Gasteiger partial charge in [-0.3, -0.25) is 0 Å². The highest BCUT2D eigenvalue weighted by Crippen LogP contribution is 2.42. The molecule has 0 aliphatic heterocycles. The molecule has 0 aromatic heterocycles. The second-order valence-electron chi connectivity index (χ2n) is 6.85. The van der Waals surface area contributed by atoms with Crippen LogP contribution in [0.25, 0.3) is 0 Å². The van der Waals surface area contributed by atoms with Gasteiger partial charge in [0.1, 0.15) is 22.9 Å². The number of phenols is 2. The highest BCUT2D eigenvalue weighted by molar-refractivity contribution is 5.64. The first kappa shape index (κ1) is 18.0. The van der Waals surface area contributed by atoms with E-state index < -0.39 is 0 Å². The quantitative estimate of drug-likeness (QED) is 0.640. The van der Waals surface area contributed by atoms with Gasteiger partial charge in [-0.1, -0.05) is 52.0 Å². The van der Waals surface area contributed by atoms with E-state index >= 15 is 0 Å². The average molecular weight is 326 g/mol. The highest BCUT2D eigenvalue weighted by Gasteiger charge is 2.16. The molecule has 0 heterocycles. The number of azo groups is 1. The normalized spacial score (nSPS) is 11.8. The fourth-order valence-corrected chi connectivity index (χ4v) is 2.63. The number of phenolic OH excluding ortho intramolecular Hbond substituents is 2. The molecule has 2 rings (SSSR count). The molecule has 0 spiro atoms. The van der Waals surface area contributed by atoms with Crippen LogP contribution in [-0.2, 0) is 0 Å². The van der Waals surface area contributed by atoms with Gasteiger partial charge in [0.2, 0.25) is 0 Å². The van der Waals surface area contributed by atoms with Gasteiger partial charge >= 0.3 is 0 Å². The number of aromatic hydroxyl groups is 2. The highest BCUT2D eigenvalue weighted by atomic mass is 16.3. The summed E-state index contributed by atoms with van der Waals surface area (Å²) in [6.45, 7) is 11.9. The molecule has 0 bridgehead atoms. The molecular weight excluding hydrogens is 300 g/mol. The van der Waals surface area contributed by atoms with Gasteiger partial charge in [0.15, 0.2) is 0 Å². The first-order valence-corrected chi connectivity index (χ1v) is 8.30. The standard InChI is InChI=1S/C20H26N2O2/c1-11(2)15-9-7-13(5)19(23)17(15)21-22-18-16(12(3)4)10-8-14(6)20(18)24/h7-12,23-24H,1-6H3. The molecule has 2 aromatic rings. The Labute approximate surface area is 143 Å². The summed E-state index contributed by atoms with van der Waals surface area (Å²) in [5, 5.41) is 29.4. The number of rotatable bonds is 4. The summed E-state index contributed by atoms with van der Waals surface area (Å²) in [5.41, 5.74) is 4.32. The van der Waals surface area contributed by atoms with Crippen LogP contribution in [0.2, 0.25) is 0 Å². The Kier molecular flexibility index (Phi) is 5.27. The zero-order valence-corrected chi connectivity index (χ0v) is 15.3. The molecule has 0 aliphatic rings. The van der Waals surface area contributed by atoms with Crippen molar-refractivity contribution in [2.24, 2.45) is 10.2 Å². The number of aryl methyl sites for hydroxylation is 2. The molecule has 128 valence electrons. The molecule has 0 unspecified atom stereocenters. The van der Waals surface area contributed by atoms with E-state index in [0.717, 1.165) is 22.3 Å². The molecule has 24 heavy (non-hydrogen) atoms. The minimum Gasteiger partial charge on any atom is -0.505 e. The van der Waals surface area contributed by atoms with Crippen LogP contribution >= 0.6 is 0 Å². The summed E-state index contributed by atoms with van der Waals surface area (Å²) in [5.74, 6) is 0.702. The SMILES string of the molecule is Cc1ccc(C(C)C)c(N=Nc2c(C(C)C)ccc(C)c2O)c1O. The third kappa shape index (κ3) is 3.42. The lowest BCUT2D eigenvalue weighted by Gasteiger charge is -2.14. The zero-order chi connectivity index (χ0) is 18.0. The van der Waals surface area contributed by atoms with Crippen molar-refractivity contribution in [2.75, 3.05) is 0 Å². The summed E-state index contributed by atoms with van der Waals surface area (Å²) >= 11 is 0. The fourth-order valence-electron chi connectivity index (χ4n) is 2.63. The maximum Gasteiger partial charge on any atom is 0.146 e. The Bertz CT molecular complexity index is 712. The lowest BCUT2D eigenvalue weighted by molar-refractivity contribution is 0.468. The predicted molar refractivity (Wildman–Crippen MR) is 98.0 cm³/mol. The van der Waals surface area contributed by atoms with Gasteiger partial charge in [0, 0.05) is 0 Å². The molecule has 4 heteroatoms. The molecule has 0 saturated heterocycles. The predicted octanol–water partition coefficient (Wildman–Crippen LogP) is 6.38. The third-order valence-electron chi connectivity index (χ3n) is 4.26. The molecule has 0 fully saturated rings. The van der Waals surface area contributed by atoms with Crippen LogP contribution < -0.4 is 0 Å². The summed E-state index contributed by atoms with van der Waals surface area (Å²) in [6, 6.07) is 7.70. The fraction of sp³-hybridized carbons (Fsp3) is 0.400. The van der Waals surface area contributed by atoms with Crippen molar-refractivity contribution in [3.05, 3.63) is 46.5 Å². The summed E-state index contributed by atoms with van der Waals surface area (Å²) in [6.07, 6.45) is 0. The number of nitrogens with zero attached hydrogens (tertiary/aromatic N) is 2. The van der Waals surface area contributed by atoms with E-state index in [1.165, 1.54) is 0 Å². The van der Waals surface area contributed by atoms with E-state index in [9.17, 15) is 10.2 Å². The Balaban J connectivity index is 2.61. The van der Waals surface area contributed by atoms with Gasteiger partial charge in [-0.05, 0) is 47.9 Å². The molecule has 0 amide bonds. The van der Waals surface area contributed by atoms with Crippen molar-refractivity contribution in [1.82, 2.24) is 0 Å². The maximum absolute atomic E-state index is 10.4. The number of hydrogen-bond acceptors (Lipinski definition) is 4. The Morgan fingerprint density at radius 2 is 1.00 bits per heavy atom. The Morgan fingerprint density at radius 3 is 1.29 bits per heavy atom. The van der Waals surface area contributed by atoms with Crippen LogP contribution in [0.15, 0.2) is 34.5 Å². The van der Waals surface area contributed by atoms with Crippen molar-refractivity contribution >= 4 is 11.4 Å². The van der Waals surface area contributed by atoms with E-state index in [4.69, 9.17) is 0 Å². The Morgan fingerprint density at radius 1 is 0.667 bits per heavy atom. The van der Waals surface area contributed by atoms with Crippen LogP contribution in [0, 0.1) is 13.8 Å². The second kappa shape index (κ2) is 7.04. The second-order valence-corrected chi connectivity index (χ2v) is 6.85. The van der Waals surface area contributed by atoms with Gasteiger partial charge in [-0.2, -0.15) is 0 Å². The summed E-state index contributed by atoms with van der Waals surface area (Å²) < 4.78 is 0.